The van der Waals surface area contributed by atoms with Gasteiger partial charge in [-0.2, -0.15) is 0 Å². The lowest BCUT2D eigenvalue weighted by Gasteiger charge is -2.21. The summed E-state index contributed by atoms with van der Waals surface area (Å²) >= 11 is 0. The molecule has 0 atom stereocenters. The van der Waals surface area contributed by atoms with E-state index in [1.807, 2.05) is 6.92 Å². The van der Waals surface area contributed by atoms with E-state index >= 15 is 0 Å². The molecular formula is C9H15NOS. The third-order valence-electron chi connectivity index (χ3n) is 2.04. The molecular weight excluding hydrogens is 170 g/mol. The number of rotatable bonds is 2. The zero-order valence-electron chi connectivity index (χ0n) is 7.43. The fourth-order valence-electron chi connectivity index (χ4n) is 1.28. The van der Waals surface area contributed by atoms with Crippen LogP contribution in [0.15, 0.2) is 0 Å². The van der Waals surface area contributed by atoms with Crippen molar-refractivity contribution in [3.63, 3.8) is 0 Å². The molecule has 2 nitrogen and oxygen atoms in total. The fourth-order valence-corrected chi connectivity index (χ4v) is 2.58. The van der Waals surface area contributed by atoms with Crippen molar-refractivity contribution in [3.05, 3.63) is 0 Å². The molecule has 0 saturated carbocycles. The summed E-state index contributed by atoms with van der Waals surface area (Å²) < 4.78 is 11.0. The van der Waals surface area contributed by atoms with Gasteiger partial charge in [-0.3, -0.25) is 4.21 Å². The van der Waals surface area contributed by atoms with Gasteiger partial charge >= 0.3 is 0 Å². The smallest absolute Gasteiger partial charge is 0.0578 e. The summed E-state index contributed by atoms with van der Waals surface area (Å²) in [5, 5.41) is 3.34. The maximum atomic E-state index is 11.0. The van der Waals surface area contributed by atoms with Gasteiger partial charge in [0.2, 0.25) is 0 Å². The Kier molecular flexibility index (Phi) is 4.34. The third-order valence-corrected chi connectivity index (χ3v) is 3.43. The molecule has 68 valence electrons. The third kappa shape index (κ3) is 3.38. The van der Waals surface area contributed by atoms with Crippen LogP contribution in [-0.2, 0) is 10.8 Å². The minimum absolute atomic E-state index is 0.544. The van der Waals surface area contributed by atoms with E-state index in [2.05, 4.69) is 17.2 Å². The van der Waals surface area contributed by atoms with Gasteiger partial charge in [0, 0.05) is 28.3 Å². The van der Waals surface area contributed by atoms with E-state index in [-0.39, 0.29) is 0 Å². The first-order chi connectivity index (χ1) is 5.83. The Morgan fingerprint density at radius 2 is 2.17 bits per heavy atom. The Hall–Kier alpha value is -0.330. The first kappa shape index (κ1) is 9.76. The van der Waals surface area contributed by atoms with Crippen LogP contribution in [0.3, 0.4) is 0 Å². The maximum absolute atomic E-state index is 11.0. The van der Waals surface area contributed by atoms with Gasteiger partial charge in [-0.15, -0.1) is 5.92 Å². The van der Waals surface area contributed by atoms with Crippen LogP contribution in [0.25, 0.3) is 0 Å². The molecule has 0 bridgehead atoms. The molecule has 12 heavy (non-hydrogen) atoms. The highest BCUT2D eigenvalue weighted by Crippen LogP contribution is 2.08. The first-order valence-electron chi connectivity index (χ1n) is 4.31. The summed E-state index contributed by atoms with van der Waals surface area (Å²) in [4.78, 5) is 0. The topological polar surface area (TPSA) is 29.1 Å². The zero-order chi connectivity index (χ0) is 8.81. The highest BCUT2D eigenvalue weighted by atomic mass is 32.2. The van der Waals surface area contributed by atoms with Gasteiger partial charge in [-0.1, -0.05) is 5.92 Å². The van der Waals surface area contributed by atoms with Crippen LogP contribution >= 0.6 is 0 Å². The summed E-state index contributed by atoms with van der Waals surface area (Å²) in [6.45, 7) is 2.62. The molecule has 1 aliphatic heterocycles. The predicted molar refractivity (Wildman–Crippen MR) is 52.4 cm³/mol. The maximum Gasteiger partial charge on any atom is 0.0578 e. The van der Waals surface area contributed by atoms with Crippen LogP contribution in [0.5, 0.6) is 0 Å². The van der Waals surface area contributed by atoms with Gasteiger partial charge in [-0.25, -0.2) is 0 Å². The number of hydrogen-bond acceptors (Lipinski definition) is 2. The molecule has 0 aromatic heterocycles. The van der Waals surface area contributed by atoms with E-state index in [0.29, 0.717) is 6.04 Å². The van der Waals surface area contributed by atoms with E-state index in [1.165, 1.54) is 0 Å². The predicted octanol–water partition coefficient (Wildman–Crippen LogP) is 0.510. The highest BCUT2D eigenvalue weighted by molar-refractivity contribution is 7.85. The summed E-state index contributed by atoms with van der Waals surface area (Å²) in [6.07, 6.45) is 2.08. The minimum atomic E-state index is -0.544. The minimum Gasteiger partial charge on any atom is -0.303 e. The largest absolute Gasteiger partial charge is 0.303 e. The van der Waals surface area contributed by atoms with Crippen molar-refractivity contribution < 1.29 is 4.21 Å². The number of hydrogen-bond donors (Lipinski definition) is 1. The summed E-state index contributed by atoms with van der Waals surface area (Å²) in [5.41, 5.74) is 0. The van der Waals surface area contributed by atoms with Gasteiger partial charge in [0.1, 0.15) is 0 Å². The van der Waals surface area contributed by atoms with Crippen LogP contribution in [0.1, 0.15) is 19.8 Å². The van der Waals surface area contributed by atoms with E-state index in [9.17, 15) is 4.21 Å². The van der Waals surface area contributed by atoms with Crippen LogP contribution in [0.2, 0.25) is 0 Å². The van der Waals surface area contributed by atoms with Crippen molar-refractivity contribution in [1.82, 2.24) is 5.32 Å². The molecule has 0 amide bonds. The standard InChI is InChI=1S/C9H15NOS/c1-2-3-6-10-9-4-7-12(11)8-5-9/h9-10H,4-8H2,1H3. The average molecular weight is 185 g/mol. The molecule has 0 radical (unpaired) electrons. The van der Waals surface area contributed by atoms with E-state index < -0.39 is 10.8 Å². The van der Waals surface area contributed by atoms with Crippen molar-refractivity contribution in [2.45, 2.75) is 25.8 Å². The Labute approximate surface area is 76.6 Å². The Morgan fingerprint density at radius 1 is 1.50 bits per heavy atom. The molecule has 0 aliphatic carbocycles. The molecule has 1 heterocycles. The molecule has 1 fully saturated rings. The van der Waals surface area contributed by atoms with Crippen molar-refractivity contribution >= 4 is 10.8 Å². The normalized spacial score (nSPS) is 29.1. The van der Waals surface area contributed by atoms with E-state index in [1.54, 1.807) is 0 Å². The Balaban J connectivity index is 2.16. The Bertz CT molecular complexity index is 206. The van der Waals surface area contributed by atoms with Crippen molar-refractivity contribution in [2.75, 3.05) is 18.1 Å². The monoisotopic (exact) mass is 185 g/mol. The molecule has 0 aromatic rings. The second-order valence-electron chi connectivity index (χ2n) is 2.93. The SMILES string of the molecule is CC#CCNC1CCS(=O)CC1. The van der Waals surface area contributed by atoms with Gasteiger partial charge in [0.25, 0.3) is 0 Å². The fraction of sp³-hybridized carbons (Fsp3) is 0.778. The average Bonchev–Trinajstić information content (AvgIpc) is 2.09. The molecule has 3 heteroatoms. The van der Waals surface area contributed by atoms with Crippen molar-refractivity contribution in [3.8, 4) is 11.8 Å². The lowest BCUT2D eigenvalue weighted by atomic mass is 10.1. The molecule has 1 N–H and O–H groups in total. The summed E-state index contributed by atoms with van der Waals surface area (Å²) in [5.74, 6) is 7.53. The molecule has 1 rings (SSSR count). The zero-order valence-corrected chi connectivity index (χ0v) is 8.25. The van der Waals surface area contributed by atoms with Crippen molar-refractivity contribution in [1.29, 1.82) is 0 Å². The Morgan fingerprint density at radius 3 is 2.75 bits per heavy atom. The van der Waals surface area contributed by atoms with Crippen LogP contribution in [0, 0.1) is 11.8 Å². The summed E-state index contributed by atoms with van der Waals surface area (Å²) in [7, 11) is -0.544. The molecule has 0 spiro atoms. The van der Waals surface area contributed by atoms with Crippen LogP contribution in [0.4, 0.5) is 0 Å². The summed E-state index contributed by atoms with van der Waals surface area (Å²) in [6, 6.07) is 0.545. The second-order valence-corrected chi connectivity index (χ2v) is 4.63. The lowest BCUT2D eigenvalue weighted by molar-refractivity contribution is 0.502. The van der Waals surface area contributed by atoms with Crippen molar-refractivity contribution in [2.24, 2.45) is 0 Å². The van der Waals surface area contributed by atoms with Gasteiger partial charge in [0.05, 0.1) is 6.54 Å². The quantitative estimate of drug-likeness (QED) is 0.635. The second kappa shape index (κ2) is 5.34. The highest BCUT2D eigenvalue weighted by Gasteiger charge is 2.16. The molecule has 1 aliphatic rings. The molecule has 0 aromatic carbocycles. The van der Waals surface area contributed by atoms with Gasteiger partial charge < -0.3 is 5.32 Å². The number of nitrogens with one attached hydrogen (secondary N) is 1. The van der Waals surface area contributed by atoms with Gasteiger partial charge in [-0.05, 0) is 19.8 Å². The van der Waals surface area contributed by atoms with E-state index in [4.69, 9.17) is 0 Å². The lowest BCUT2D eigenvalue weighted by Crippen LogP contribution is -2.35. The van der Waals surface area contributed by atoms with Gasteiger partial charge in [0.15, 0.2) is 0 Å². The van der Waals surface area contributed by atoms with Crippen LogP contribution in [-0.4, -0.2) is 28.3 Å². The molecule has 1 saturated heterocycles. The molecule has 0 unspecified atom stereocenters. The first-order valence-corrected chi connectivity index (χ1v) is 5.79. The van der Waals surface area contributed by atoms with Crippen LogP contribution < -0.4 is 5.32 Å². The van der Waals surface area contributed by atoms with E-state index in [0.717, 1.165) is 30.9 Å².